The molecule has 232 valence electrons. The summed E-state index contributed by atoms with van der Waals surface area (Å²) in [4.78, 5) is 4.79. The third kappa shape index (κ3) is 8.96. The van der Waals surface area contributed by atoms with Crippen molar-refractivity contribution in [2.24, 2.45) is 0 Å². The summed E-state index contributed by atoms with van der Waals surface area (Å²) < 4.78 is 38.4. The van der Waals surface area contributed by atoms with Gasteiger partial charge < -0.3 is 33.5 Å². The van der Waals surface area contributed by atoms with E-state index in [4.69, 9.17) is 45.4 Å². The maximum Gasteiger partial charge on any atom is 0.299 e. The van der Waals surface area contributed by atoms with Gasteiger partial charge in [0, 0.05) is 30.2 Å². The second-order valence-corrected chi connectivity index (χ2v) is 19.0. The third-order valence-corrected chi connectivity index (χ3v) is 10.4. The second-order valence-electron chi connectivity index (χ2n) is 11.8. The zero-order valence-electron chi connectivity index (χ0n) is 24.6. The topological polar surface area (TPSA) is 93.4 Å². The van der Waals surface area contributed by atoms with Crippen LogP contribution < -0.4 is 4.74 Å². The first-order valence-corrected chi connectivity index (χ1v) is 19.5. The standard InChI is InChI=1S/C26H32ClIN2O5Si.C5H6O2/c1-36(2,3)10-9-31-16-30-22-12-19(27)20(28)13-21(22)29-26(30)34-18-11-23-24(32-14-18)15-33-25(35-23)17-7-5-4-6-8-17;6-5-2-1-3-7-4-5/h4-8,12-13,18,23-25H,9-11,14-16H2,1-3H3;1-3,6H,4H2/t18-,23+,24-,25?;/m1./s1. The van der Waals surface area contributed by atoms with E-state index in [9.17, 15) is 0 Å². The molecule has 43 heavy (non-hydrogen) atoms. The molecule has 1 aromatic heterocycles. The maximum absolute atomic E-state index is 8.59. The van der Waals surface area contributed by atoms with E-state index in [0.717, 1.165) is 26.2 Å². The number of hydrogen-bond donors (Lipinski definition) is 1. The molecule has 3 aliphatic heterocycles. The minimum Gasteiger partial charge on any atom is -0.509 e. The highest BCUT2D eigenvalue weighted by Crippen LogP contribution is 2.34. The summed E-state index contributed by atoms with van der Waals surface area (Å²) in [6, 6.07) is 15.5. The number of nitrogens with zero attached hydrogens (tertiary/aromatic N) is 2. The number of fused-ring (bicyclic) bond motifs is 2. The number of hydrogen-bond acceptors (Lipinski definition) is 8. The number of aliphatic hydroxyl groups excluding tert-OH is 1. The van der Waals surface area contributed by atoms with Crippen LogP contribution >= 0.6 is 34.2 Å². The molecule has 0 spiro atoms. The molecule has 3 aliphatic rings. The number of aromatic nitrogens is 2. The fourth-order valence-electron chi connectivity index (χ4n) is 4.75. The lowest BCUT2D eigenvalue weighted by atomic mass is 10.0. The Hall–Kier alpha value is -2.13. The first kappa shape index (κ1) is 32.3. The van der Waals surface area contributed by atoms with Gasteiger partial charge in [0.2, 0.25) is 0 Å². The highest BCUT2D eigenvalue weighted by molar-refractivity contribution is 14.1. The lowest BCUT2D eigenvalue weighted by molar-refractivity contribution is -0.286. The van der Waals surface area contributed by atoms with E-state index in [2.05, 4.69) is 47.0 Å². The molecular weight excluding hydrogens is 703 g/mol. The van der Waals surface area contributed by atoms with Crippen LogP contribution in [0.1, 0.15) is 18.3 Å². The summed E-state index contributed by atoms with van der Waals surface area (Å²) in [5.74, 6) is 0.280. The lowest BCUT2D eigenvalue weighted by Gasteiger charge is -2.41. The molecule has 0 aliphatic carbocycles. The first-order valence-electron chi connectivity index (χ1n) is 14.4. The first-order chi connectivity index (χ1) is 20.7. The molecule has 4 heterocycles. The molecule has 1 unspecified atom stereocenters. The van der Waals surface area contributed by atoms with Gasteiger partial charge in [0.25, 0.3) is 6.01 Å². The van der Waals surface area contributed by atoms with Crippen LogP contribution in [-0.2, 0) is 30.4 Å². The SMILES string of the molecule is C[Si](C)(C)CCOCn1c(O[C@H]2CO[C@@H]3COC(c4ccccc4)O[C@H]3C2)nc2cc(I)c(Cl)cc21.OC1=CC=COC1. The summed E-state index contributed by atoms with van der Waals surface area (Å²) in [6.07, 6.45) is 4.66. The quantitative estimate of drug-likeness (QED) is 0.147. The molecule has 3 aromatic rings. The average Bonchev–Trinajstić information content (AvgIpc) is 3.31. The molecule has 0 radical (unpaired) electrons. The van der Waals surface area contributed by atoms with E-state index in [1.54, 1.807) is 18.4 Å². The molecule has 6 rings (SSSR count). The van der Waals surface area contributed by atoms with Crippen molar-refractivity contribution >= 4 is 53.3 Å². The van der Waals surface area contributed by atoms with Crippen molar-refractivity contribution < 1.29 is 33.5 Å². The highest BCUT2D eigenvalue weighted by Gasteiger charge is 2.40. The Kier molecular flexibility index (Phi) is 11.1. The number of halogens is 2. The average molecular weight is 741 g/mol. The van der Waals surface area contributed by atoms with Crippen molar-refractivity contribution in [2.75, 3.05) is 26.4 Å². The molecule has 1 N–H and O–H groups in total. The molecule has 12 heteroatoms. The van der Waals surface area contributed by atoms with Gasteiger partial charge in [0.15, 0.2) is 6.29 Å². The van der Waals surface area contributed by atoms with Gasteiger partial charge in [0.05, 0.1) is 41.6 Å². The summed E-state index contributed by atoms with van der Waals surface area (Å²) in [5.41, 5.74) is 2.72. The molecule has 0 amide bonds. The Morgan fingerprint density at radius 2 is 1.93 bits per heavy atom. The fraction of sp³-hybridized carbons (Fsp3) is 0.452. The van der Waals surface area contributed by atoms with Crippen LogP contribution in [0.2, 0.25) is 30.7 Å². The second kappa shape index (κ2) is 14.8. The van der Waals surface area contributed by atoms with Gasteiger partial charge >= 0.3 is 0 Å². The summed E-state index contributed by atoms with van der Waals surface area (Å²) >= 11 is 8.67. The summed E-state index contributed by atoms with van der Waals surface area (Å²) in [6.45, 7) is 9.35. The fourth-order valence-corrected chi connectivity index (χ4v) is 6.11. The Morgan fingerprint density at radius 1 is 1.12 bits per heavy atom. The van der Waals surface area contributed by atoms with Crippen LogP contribution in [0.25, 0.3) is 11.0 Å². The molecule has 9 nitrogen and oxygen atoms in total. The van der Waals surface area contributed by atoms with E-state index in [-0.39, 0.29) is 24.1 Å². The molecule has 2 aromatic carbocycles. The van der Waals surface area contributed by atoms with Crippen LogP contribution in [-0.4, -0.2) is 67.5 Å². The van der Waals surface area contributed by atoms with Crippen LogP contribution in [0.4, 0.5) is 0 Å². The Labute approximate surface area is 271 Å². The zero-order chi connectivity index (χ0) is 30.4. The van der Waals surface area contributed by atoms with Crippen molar-refractivity contribution in [1.29, 1.82) is 0 Å². The Balaban J connectivity index is 0.000000463. The number of rotatable bonds is 8. The van der Waals surface area contributed by atoms with Gasteiger partial charge in [-0.1, -0.05) is 61.6 Å². The number of imidazole rings is 1. The molecule has 2 saturated heterocycles. The van der Waals surface area contributed by atoms with E-state index in [1.165, 1.54) is 0 Å². The van der Waals surface area contributed by atoms with Crippen LogP contribution in [0, 0.1) is 3.57 Å². The van der Waals surface area contributed by atoms with E-state index in [0.29, 0.717) is 50.6 Å². The summed E-state index contributed by atoms with van der Waals surface area (Å²) in [7, 11) is -1.19. The predicted octanol–water partition coefficient (Wildman–Crippen LogP) is 7.23. The number of allylic oxidation sites excluding steroid dienone is 2. The number of aliphatic hydroxyl groups is 1. The third-order valence-electron chi connectivity index (χ3n) is 7.13. The largest absolute Gasteiger partial charge is 0.509 e. The van der Waals surface area contributed by atoms with E-state index < -0.39 is 14.4 Å². The lowest BCUT2D eigenvalue weighted by Crippen LogP contribution is -2.50. The van der Waals surface area contributed by atoms with Gasteiger partial charge in [-0.15, -0.1) is 0 Å². The molecular formula is C31H38ClIN2O7Si. The maximum atomic E-state index is 8.59. The molecule has 2 fully saturated rings. The van der Waals surface area contributed by atoms with Crippen molar-refractivity contribution in [3.63, 3.8) is 0 Å². The zero-order valence-corrected chi connectivity index (χ0v) is 28.5. The van der Waals surface area contributed by atoms with E-state index in [1.807, 2.05) is 47.0 Å². The van der Waals surface area contributed by atoms with Gasteiger partial charge in [0.1, 0.15) is 31.3 Å². The molecule has 0 bridgehead atoms. The van der Waals surface area contributed by atoms with Crippen LogP contribution in [0.3, 0.4) is 0 Å². The van der Waals surface area contributed by atoms with Crippen LogP contribution in [0.15, 0.2) is 66.6 Å². The van der Waals surface area contributed by atoms with Gasteiger partial charge in [-0.05, 0) is 52.9 Å². The van der Waals surface area contributed by atoms with Gasteiger partial charge in [-0.3, -0.25) is 4.57 Å². The normalized spacial score (nSPS) is 23.5. The van der Waals surface area contributed by atoms with E-state index >= 15 is 0 Å². The van der Waals surface area contributed by atoms with Crippen molar-refractivity contribution in [3.05, 3.63) is 80.8 Å². The monoisotopic (exact) mass is 740 g/mol. The Bertz CT molecular complexity index is 1430. The summed E-state index contributed by atoms with van der Waals surface area (Å²) in [5, 5.41) is 9.28. The minimum absolute atomic E-state index is 0.103. The predicted molar refractivity (Wildman–Crippen MR) is 176 cm³/mol. The number of ether oxygens (including phenoxy) is 6. The Morgan fingerprint density at radius 3 is 2.63 bits per heavy atom. The smallest absolute Gasteiger partial charge is 0.299 e. The van der Waals surface area contributed by atoms with Gasteiger partial charge in [-0.25, -0.2) is 0 Å². The number of benzene rings is 2. The van der Waals surface area contributed by atoms with Crippen molar-refractivity contribution in [2.45, 2.75) is 63.4 Å². The van der Waals surface area contributed by atoms with Crippen LogP contribution in [0.5, 0.6) is 6.01 Å². The van der Waals surface area contributed by atoms with Gasteiger partial charge in [-0.2, -0.15) is 4.98 Å². The molecule has 0 saturated carbocycles. The van der Waals surface area contributed by atoms with Crippen molar-refractivity contribution in [1.82, 2.24) is 9.55 Å². The van der Waals surface area contributed by atoms with Crippen molar-refractivity contribution in [3.8, 4) is 6.01 Å². The minimum atomic E-state index is -1.19. The molecule has 4 atom stereocenters. The highest BCUT2D eigenvalue weighted by atomic mass is 127.